The molecule has 35 heavy (non-hydrogen) atoms. The lowest BCUT2D eigenvalue weighted by Crippen LogP contribution is -2.44. The third-order valence-electron chi connectivity index (χ3n) is 5.34. The Kier molecular flexibility index (Phi) is 6.28. The van der Waals surface area contributed by atoms with Crippen LogP contribution in [0.4, 0.5) is 35.4 Å². The second-order valence-electron chi connectivity index (χ2n) is 7.90. The van der Waals surface area contributed by atoms with Crippen molar-refractivity contribution in [3.05, 3.63) is 53.2 Å². The van der Waals surface area contributed by atoms with E-state index in [2.05, 4.69) is 30.7 Å². The molecule has 2 amide bonds. The molecule has 0 aromatic carbocycles. The van der Waals surface area contributed by atoms with Gasteiger partial charge in [-0.1, -0.05) is 6.07 Å². The lowest BCUT2D eigenvalue weighted by atomic mass is 10.2. The van der Waals surface area contributed by atoms with Crippen LogP contribution in [0, 0.1) is 6.92 Å². The van der Waals surface area contributed by atoms with Crippen molar-refractivity contribution in [3.63, 3.8) is 0 Å². The first-order valence-corrected chi connectivity index (χ1v) is 10.4. The van der Waals surface area contributed by atoms with Crippen LogP contribution in [0.1, 0.15) is 29.4 Å². The summed E-state index contributed by atoms with van der Waals surface area (Å²) >= 11 is 0. The van der Waals surface area contributed by atoms with Crippen LogP contribution < -0.4 is 15.5 Å². The monoisotopic (exact) mass is 490 g/mol. The maximum Gasteiger partial charge on any atom is 0.433 e. The first kappa shape index (κ1) is 23.9. The quantitative estimate of drug-likeness (QED) is 0.559. The zero-order chi connectivity index (χ0) is 25.3. The zero-order valence-electron chi connectivity index (χ0n) is 18.9. The number of anilines is 3. The SMILES string of the molecule is Cc1nc(NC(=O)OCc2cnn(Cc3ccc(C(F)(F)F)nc3)c2)nc2c1NC(=O)[C@H](C)N2C. The first-order chi connectivity index (χ1) is 16.5. The van der Waals surface area contributed by atoms with Gasteiger partial charge in [-0.3, -0.25) is 19.8 Å². The summed E-state index contributed by atoms with van der Waals surface area (Å²) in [5, 5.41) is 9.33. The topological polar surface area (TPSA) is 127 Å². The summed E-state index contributed by atoms with van der Waals surface area (Å²) in [5.74, 6) is 0.313. The number of aryl methyl sites for hydroxylation is 1. The van der Waals surface area contributed by atoms with Gasteiger partial charge in [-0.05, 0) is 25.5 Å². The van der Waals surface area contributed by atoms with Gasteiger partial charge < -0.3 is 15.0 Å². The van der Waals surface area contributed by atoms with Gasteiger partial charge in [-0.15, -0.1) is 0 Å². The standard InChI is InChI=1S/C21H21F3N8O3/c1-11-16-17(31(3)12(2)18(33)28-16)29-19(27-11)30-20(34)35-10-14-7-26-32(9-14)8-13-4-5-15(25-6-13)21(22,23)24/h4-7,9,12H,8,10H2,1-3H3,(H,28,33)(H,27,29,30,34)/t12-/m0/s1. The largest absolute Gasteiger partial charge is 0.444 e. The Balaban J connectivity index is 1.34. The fourth-order valence-corrected chi connectivity index (χ4v) is 3.32. The molecule has 0 unspecified atom stereocenters. The zero-order valence-corrected chi connectivity index (χ0v) is 18.9. The molecular weight excluding hydrogens is 469 g/mol. The number of rotatable bonds is 5. The Bertz CT molecular complexity index is 1260. The fourth-order valence-electron chi connectivity index (χ4n) is 3.32. The number of fused-ring (bicyclic) bond motifs is 1. The van der Waals surface area contributed by atoms with Crippen LogP contribution in [0.2, 0.25) is 0 Å². The Morgan fingerprint density at radius 1 is 1.23 bits per heavy atom. The van der Waals surface area contributed by atoms with Gasteiger partial charge in [0.1, 0.15) is 24.0 Å². The molecule has 0 spiro atoms. The number of alkyl halides is 3. The lowest BCUT2D eigenvalue weighted by Gasteiger charge is -2.32. The number of hydrogen-bond acceptors (Lipinski definition) is 8. The van der Waals surface area contributed by atoms with Gasteiger partial charge in [0.25, 0.3) is 0 Å². The van der Waals surface area contributed by atoms with Gasteiger partial charge in [0.15, 0.2) is 5.82 Å². The van der Waals surface area contributed by atoms with Gasteiger partial charge in [-0.25, -0.2) is 9.78 Å². The van der Waals surface area contributed by atoms with Gasteiger partial charge in [-0.2, -0.15) is 23.3 Å². The normalized spacial score (nSPS) is 15.4. The average Bonchev–Trinajstić information content (AvgIpc) is 3.24. The van der Waals surface area contributed by atoms with Gasteiger partial charge in [0.05, 0.1) is 18.4 Å². The smallest absolute Gasteiger partial charge is 0.433 e. The van der Waals surface area contributed by atoms with Crippen LogP contribution in [0.25, 0.3) is 0 Å². The van der Waals surface area contributed by atoms with Crippen LogP contribution in [-0.2, 0) is 28.9 Å². The lowest BCUT2D eigenvalue weighted by molar-refractivity contribution is -0.141. The Morgan fingerprint density at radius 2 is 2.00 bits per heavy atom. The number of pyridine rings is 1. The van der Waals surface area contributed by atoms with E-state index in [1.165, 1.54) is 16.9 Å². The van der Waals surface area contributed by atoms with Crippen LogP contribution >= 0.6 is 0 Å². The van der Waals surface area contributed by atoms with Crippen molar-refractivity contribution in [3.8, 4) is 0 Å². The molecule has 3 aromatic heterocycles. The summed E-state index contributed by atoms with van der Waals surface area (Å²) in [5.41, 5.74) is 1.09. The molecule has 1 atom stereocenters. The van der Waals surface area contributed by atoms with Crippen molar-refractivity contribution in [2.75, 3.05) is 22.6 Å². The predicted octanol–water partition coefficient (Wildman–Crippen LogP) is 2.97. The van der Waals surface area contributed by atoms with Gasteiger partial charge >= 0.3 is 12.3 Å². The minimum Gasteiger partial charge on any atom is -0.444 e. The van der Waals surface area contributed by atoms with Crippen molar-refractivity contribution < 1.29 is 27.5 Å². The molecule has 11 nitrogen and oxygen atoms in total. The molecule has 4 rings (SSSR count). The van der Waals surface area contributed by atoms with E-state index in [-0.39, 0.29) is 25.0 Å². The van der Waals surface area contributed by atoms with Crippen molar-refractivity contribution in [1.29, 1.82) is 0 Å². The maximum absolute atomic E-state index is 12.6. The fraction of sp³-hybridized carbons (Fsp3) is 0.333. The summed E-state index contributed by atoms with van der Waals surface area (Å²) in [4.78, 5) is 37.8. The Hall–Kier alpha value is -4.23. The molecule has 0 aliphatic carbocycles. The minimum absolute atomic E-state index is 0.0203. The van der Waals surface area contributed by atoms with Crippen LogP contribution in [-0.4, -0.2) is 49.8 Å². The molecule has 0 fully saturated rings. The van der Waals surface area contributed by atoms with E-state index >= 15 is 0 Å². The highest BCUT2D eigenvalue weighted by Gasteiger charge is 2.32. The van der Waals surface area contributed by atoms with Crippen LogP contribution in [0.3, 0.4) is 0 Å². The van der Waals surface area contributed by atoms with E-state index in [4.69, 9.17) is 4.74 Å². The van der Waals surface area contributed by atoms with Gasteiger partial charge in [0.2, 0.25) is 11.9 Å². The maximum atomic E-state index is 12.6. The molecule has 184 valence electrons. The molecule has 0 bridgehead atoms. The summed E-state index contributed by atoms with van der Waals surface area (Å²) < 4.78 is 44.6. The van der Waals surface area contributed by atoms with E-state index in [1.807, 2.05) is 0 Å². The van der Waals surface area contributed by atoms with Crippen LogP contribution in [0.5, 0.6) is 0 Å². The highest BCUT2D eigenvalue weighted by atomic mass is 19.4. The first-order valence-electron chi connectivity index (χ1n) is 10.4. The predicted molar refractivity (Wildman–Crippen MR) is 118 cm³/mol. The molecule has 0 saturated heterocycles. The Labute approximate surface area is 197 Å². The van der Waals surface area contributed by atoms with Crippen molar-refractivity contribution in [1.82, 2.24) is 24.7 Å². The molecule has 1 aliphatic heterocycles. The van der Waals surface area contributed by atoms with Gasteiger partial charge in [0, 0.05) is 25.0 Å². The summed E-state index contributed by atoms with van der Waals surface area (Å²) in [7, 11) is 1.72. The number of ether oxygens (including phenoxy) is 1. The number of nitrogens with zero attached hydrogens (tertiary/aromatic N) is 6. The number of nitrogens with one attached hydrogen (secondary N) is 2. The van der Waals surface area contributed by atoms with E-state index in [1.54, 1.807) is 32.0 Å². The van der Waals surface area contributed by atoms with Crippen molar-refractivity contribution in [2.24, 2.45) is 0 Å². The second-order valence-corrected chi connectivity index (χ2v) is 7.90. The number of carbonyl (C=O) groups is 2. The second kappa shape index (κ2) is 9.19. The molecule has 0 radical (unpaired) electrons. The number of likely N-dealkylation sites (N-methyl/N-ethyl adjacent to an activating group) is 1. The van der Waals surface area contributed by atoms with Crippen LogP contribution in [0.15, 0.2) is 30.7 Å². The third kappa shape index (κ3) is 5.31. The van der Waals surface area contributed by atoms with E-state index in [0.29, 0.717) is 28.3 Å². The molecule has 0 saturated carbocycles. The van der Waals surface area contributed by atoms with E-state index in [0.717, 1.165) is 12.3 Å². The molecule has 1 aliphatic rings. The van der Waals surface area contributed by atoms with E-state index in [9.17, 15) is 22.8 Å². The molecule has 14 heteroatoms. The van der Waals surface area contributed by atoms with E-state index < -0.39 is 24.0 Å². The molecular formula is C21H21F3N8O3. The molecule has 2 N–H and O–H groups in total. The van der Waals surface area contributed by atoms with Crippen molar-refractivity contribution in [2.45, 2.75) is 39.2 Å². The average molecular weight is 490 g/mol. The molecule has 4 heterocycles. The number of halogens is 3. The minimum atomic E-state index is -4.50. The number of carbonyl (C=O) groups excluding carboxylic acids is 2. The highest BCUT2D eigenvalue weighted by molar-refractivity contribution is 6.03. The summed E-state index contributed by atoms with van der Waals surface area (Å²) in [6, 6.07) is 1.79. The third-order valence-corrected chi connectivity index (χ3v) is 5.34. The number of aromatic nitrogens is 5. The number of hydrogen-bond donors (Lipinski definition) is 2. The Morgan fingerprint density at radius 3 is 2.69 bits per heavy atom. The summed E-state index contributed by atoms with van der Waals surface area (Å²) in [6.45, 7) is 3.50. The highest BCUT2D eigenvalue weighted by Crippen LogP contribution is 2.32. The summed E-state index contributed by atoms with van der Waals surface area (Å²) in [6.07, 6.45) is -1.08. The molecule has 3 aromatic rings. The van der Waals surface area contributed by atoms with Crippen molar-refractivity contribution >= 4 is 29.5 Å². The number of amides is 2.